The van der Waals surface area contributed by atoms with Gasteiger partial charge in [0.25, 0.3) is 10.0 Å². The molecule has 7 nitrogen and oxygen atoms in total. The monoisotopic (exact) mass is 693 g/mol. The number of rotatable bonds is 14. The van der Waals surface area contributed by atoms with Crippen LogP contribution in [-0.2, 0) is 32.6 Å². The first-order valence-corrected chi connectivity index (χ1v) is 17.9. The van der Waals surface area contributed by atoms with E-state index in [0.29, 0.717) is 27.7 Å². The van der Waals surface area contributed by atoms with Gasteiger partial charge in [-0.25, -0.2) is 8.42 Å². The van der Waals surface area contributed by atoms with Crippen LogP contribution < -0.4 is 9.62 Å². The molecule has 0 radical (unpaired) electrons. The molecule has 0 aliphatic heterocycles. The molecule has 0 aliphatic carbocycles. The molecule has 0 aliphatic rings. The van der Waals surface area contributed by atoms with Gasteiger partial charge in [-0.1, -0.05) is 111 Å². The fraction of sp³-hybridized carbons (Fsp3) is 0.297. The molecule has 0 aromatic heterocycles. The summed E-state index contributed by atoms with van der Waals surface area (Å²) in [6, 6.07) is 28.4. The minimum Gasteiger partial charge on any atom is -0.352 e. The number of benzene rings is 4. The van der Waals surface area contributed by atoms with Gasteiger partial charge < -0.3 is 10.2 Å². The Kier molecular flexibility index (Phi) is 12.5. The lowest BCUT2D eigenvalue weighted by atomic mass is 10.0. The number of amides is 2. The van der Waals surface area contributed by atoms with Crippen LogP contribution in [-0.4, -0.2) is 43.8 Å². The van der Waals surface area contributed by atoms with E-state index in [-0.39, 0.29) is 35.7 Å². The number of nitrogens with one attached hydrogen (secondary N) is 1. The third-order valence-electron chi connectivity index (χ3n) is 8.12. The van der Waals surface area contributed by atoms with Gasteiger partial charge in [-0.15, -0.1) is 0 Å². The average molecular weight is 695 g/mol. The maximum absolute atomic E-state index is 14.7. The highest BCUT2D eigenvalue weighted by Crippen LogP contribution is 2.30. The molecule has 4 rings (SSSR count). The van der Waals surface area contributed by atoms with Gasteiger partial charge in [0.05, 0.1) is 10.6 Å². The zero-order valence-electron chi connectivity index (χ0n) is 27.1. The molecule has 0 fully saturated rings. The van der Waals surface area contributed by atoms with Crippen molar-refractivity contribution in [3.63, 3.8) is 0 Å². The minimum absolute atomic E-state index is 0.0387. The van der Waals surface area contributed by atoms with Crippen LogP contribution >= 0.6 is 23.2 Å². The maximum atomic E-state index is 14.7. The Morgan fingerprint density at radius 2 is 1.36 bits per heavy atom. The third-order valence-corrected chi connectivity index (χ3v) is 10.6. The molecular weight excluding hydrogens is 653 g/mol. The van der Waals surface area contributed by atoms with E-state index in [2.05, 4.69) is 5.32 Å². The molecule has 47 heavy (non-hydrogen) atoms. The summed E-state index contributed by atoms with van der Waals surface area (Å²) in [6.07, 6.45) is 0.870. The van der Waals surface area contributed by atoms with E-state index in [1.54, 1.807) is 48.5 Å². The van der Waals surface area contributed by atoms with Gasteiger partial charge >= 0.3 is 0 Å². The van der Waals surface area contributed by atoms with Crippen LogP contribution in [0, 0.1) is 0 Å². The molecule has 2 amide bonds. The van der Waals surface area contributed by atoms with Crippen LogP contribution in [0.3, 0.4) is 0 Å². The first kappa shape index (κ1) is 36.0. The summed E-state index contributed by atoms with van der Waals surface area (Å²) in [5, 5.41) is 3.68. The highest BCUT2D eigenvalue weighted by Gasteiger charge is 2.35. The largest absolute Gasteiger partial charge is 0.352 e. The summed E-state index contributed by atoms with van der Waals surface area (Å²) in [7, 11) is -4.20. The van der Waals surface area contributed by atoms with Crippen LogP contribution in [0.15, 0.2) is 108 Å². The average Bonchev–Trinajstić information content (AvgIpc) is 3.07. The van der Waals surface area contributed by atoms with E-state index >= 15 is 0 Å². The standard InChI is InChI=1S/C37H41Cl2N3O4S/c1-5-27(4)40-37(44)35(23-28-13-8-6-9-14-28)41(24-32-33(38)17-12-18-34(32)39)36(43)25-42(30-21-19-29(20-22-30)26(2)3)47(45,46)31-15-10-7-11-16-31/h6-22,26-27,35H,5,23-25H2,1-4H3,(H,40,44)/t27-,35+/m0/s1. The Morgan fingerprint density at radius 3 is 1.91 bits per heavy atom. The predicted molar refractivity (Wildman–Crippen MR) is 190 cm³/mol. The van der Waals surface area contributed by atoms with Crippen LogP contribution in [0.5, 0.6) is 0 Å². The van der Waals surface area contributed by atoms with Crippen molar-refractivity contribution < 1.29 is 18.0 Å². The highest BCUT2D eigenvalue weighted by atomic mass is 35.5. The zero-order chi connectivity index (χ0) is 34.1. The first-order valence-electron chi connectivity index (χ1n) is 15.7. The van der Waals surface area contributed by atoms with Crippen molar-refractivity contribution in [2.24, 2.45) is 0 Å². The smallest absolute Gasteiger partial charge is 0.264 e. The highest BCUT2D eigenvalue weighted by molar-refractivity contribution is 7.92. The van der Waals surface area contributed by atoms with Crippen LogP contribution in [0.1, 0.15) is 56.7 Å². The van der Waals surface area contributed by atoms with Gasteiger partial charge in [-0.2, -0.15) is 0 Å². The summed E-state index contributed by atoms with van der Waals surface area (Å²) >= 11 is 13.2. The summed E-state index contributed by atoms with van der Waals surface area (Å²) in [5.41, 5.74) is 2.64. The third kappa shape index (κ3) is 9.15. The fourth-order valence-electron chi connectivity index (χ4n) is 5.12. The summed E-state index contributed by atoms with van der Waals surface area (Å²) in [4.78, 5) is 30.1. The van der Waals surface area contributed by atoms with Gasteiger partial charge in [0.1, 0.15) is 12.6 Å². The number of nitrogens with zero attached hydrogens (tertiary/aromatic N) is 2. The summed E-state index contributed by atoms with van der Waals surface area (Å²) in [5.74, 6) is -0.726. The number of anilines is 1. The minimum atomic E-state index is -4.20. The van der Waals surface area contributed by atoms with Gasteiger partial charge in [0.2, 0.25) is 11.8 Å². The van der Waals surface area contributed by atoms with E-state index in [0.717, 1.165) is 15.4 Å². The molecule has 0 unspecified atom stereocenters. The van der Waals surface area contributed by atoms with Crippen molar-refractivity contribution in [1.82, 2.24) is 10.2 Å². The molecule has 0 heterocycles. The van der Waals surface area contributed by atoms with E-state index in [9.17, 15) is 18.0 Å². The Hall–Kier alpha value is -3.85. The Bertz CT molecular complexity index is 1730. The zero-order valence-corrected chi connectivity index (χ0v) is 29.4. The van der Waals surface area contributed by atoms with E-state index in [1.165, 1.54) is 17.0 Å². The second kappa shape index (κ2) is 16.3. The fourth-order valence-corrected chi connectivity index (χ4v) is 7.07. The lowest BCUT2D eigenvalue weighted by molar-refractivity contribution is -0.140. The molecule has 4 aromatic carbocycles. The van der Waals surface area contributed by atoms with Crippen LogP contribution in [0.2, 0.25) is 10.0 Å². The second-order valence-corrected chi connectivity index (χ2v) is 14.5. The Balaban J connectivity index is 1.84. The van der Waals surface area contributed by atoms with E-state index in [1.807, 2.05) is 70.2 Å². The lowest BCUT2D eigenvalue weighted by Crippen LogP contribution is -2.54. The number of sulfonamides is 1. The molecular formula is C37H41Cl2N3O4S. The van der Waals surface area contributed by atoms with Crippen LogP contribution in [0.4, 0.5) is 5.69 Å². The number of carbonyl (C=O) groups is 2. The van der Waals surface area contributed by atoms with Gasteiger partial charge in [-0.05, 0) is 66.8 Å². The molecule has 10 heteroatoms. The molecule has 4 aromatic rings. The normalized spacial score (nSPS) is 12.7. The first-order chi connectivity index (χ1) is 22.4. The number of carbonyl (C=O) groups excluding carboxylic acids is 2. The molecule has 0 saturated heterocycles. The van der Waals surface area contributed by atoms with Crippen molar-refractivity contribution in [2.75, 3.05) is 10.8 Å². The van der Waals surface area contributed by atoms with Crippen molar-refractivity contribution in [3.8, 4) is 0 Å². The van der Waals surface area contributed by atoms with Crippen LogP contribution in [0.25, 0.3) is 0 Å². The molecule has 2 atom stereocenters. The Morgan fingerprint density at radius 1 is 0.787 bits per heavy atom. The van der Waals surface area contributed by atoms with E-state index < -0.39 is 28.5 Å². The molecule has 0 saturated carbocycles. The quantitative estimate of drug-likeness (QED) is 0.146. The number of hydrogen-bond donors (Lipinski definition) is 1. The van der Waals surface area contributed by atoms with Crippen molar-refractivity contribution in [1.29, 1.82) is 0 Å². The molecule has 1 N–H and O–H groups in total. The summed E-state index contributed by atoms with van der Waals surface area (Å²) < 4.78 is 29.5. The maximum Gasteiger partial charge on any atom is 0.264 e. The van der Waals surface area contributed by atoms with Gasteiger partial charge in [0, 0.05) is 34.6 Å². The summed E-state index contributed by atoms with van der Waals surface area (Å²) in [6.45, 7) is 7.26. The topological polar surface area (TPSA) is 86.8 Å². The predicted octanol–water partition coefficient (Wildman–Crippen LogP) is 7.87. The lowest BCUT2D eigenvalue weighted by Gasteiger charge is -2.34. The molecule has 0 spiro atoms. The van der Waals surface area contributed by atoms with E-state index in [4.69, 9.17) is 23.2 Å². The number of halogens is 2. The molecule has 248 valence electrons. The SMILES string of the molecule is CC[C@H](C)NC(=O)[C@@H](Cc1ccccc1)N(Cc1c(Cl)cccc1Cl)C(=O)CN(c1ccc(C(C)C)cc1)S(=O)(=O)c1ccccc1. The second-order valence-electron chi connectivity index (χ2n) is 11.8. The van der Waals surface area contributed by atoms with Crippen molar-refractivity contribution in [2.45, 2.75) is 70.0 Å². The van der Waals surface area contributed by atoms with Gasteiger partial charge in [-0.3, -0.25) is 13.9 Å². The number of hydrogen-bond acceptors (Lipinski definition) is 4. The van der Waals surface area contributed by atoms with Crippen molar-refractivity contribution >= 4 is 50.7 Å². The molecule has 0 bridgehead atoms. The van der Waals surface area contributed by atoms with Crippen molar-refractivity contribution in [3.05, 3.63) is 130 Å². The van der Waals surface area contributed by atoms with Gasteiger partial charge in [0.15, 0.2) is 0 Å². The Labute approximate surface area is 288 Å².